The number of sulfonamides is 1. The molecule has 7 heteroatoms. The van der Waals surface area contributed by atoms with Crippen molar-refractivity contribution in [1.82, 2.24) is 9.62 Å². The van der Waals surface area contributed by atoms with Crippen LogP contribution in [0.3, 0.4) is 0 Å². The molecule has 0 aromatic heterocycles. The number of benzene rings is 2. The van der Waals surface area contributed by atoms with Crippen molar-refractivity contribution in [2.24, 2.45) is 0 Å². The molecule has 1 atom stereocenters. The van der Waals surface area contributed by atoms with Crippen LogP contribution in [-0.2, 0) is 26.7 Å². The molecule has 1 amide bonds. The Hall–Kier alpha value is -2.38. The van der Waals surface area contributed by atoms with Crippen molar-refractivity contribution >= 4 is 15.9 Å². The van der Waals surface area contributed by atoms with Gasteiger partial charge in [0.1, 0.15) is 12.4 Å². The van der Waals surface area contributed by atoms with Gasteiger partial charge in [0.15, 0.2) is 0 Å². The van der Waals surface area contributed by atoms with Crippen LogP contribution in [-0.4, -0.2) is 50.1 Å². The maximum atomic E-state index is 13.6. The summed E-state index contributed by atoms with van der Waals surface area (Å²) in [5.41, 5.74) is 1.29. The third-order valence-electron chi connectivity index (χ3n) is 6.31. The second-order valence-electron chi connectivity index (χ2n) is 8.04. The van der Waals surface area contributed by atoms with Crippen molar-refractivity contribution in [1.29, 1.82) is 0 Å². The number of carbonyl (C=O) groups excluding carboxylic acids is 1. The molecule has 4 rings (SSSR count). The second kappa shape index (κ2) is 8.40. The quantitative estimate of drug-likeness (QED) is 0.794. The van der Waals surface area contributed by atoms with E-state index in [1.54, 1.807) is 6.92 Å². The summed E-state index contributed by atoms with van der Waals surface area (Å²) >= 11 is 0. The molecule has 2 aromatic rings. The Morgan fingerprint density at radius 1 is 1.10 bits per heavy atom. The molecule has 2 heterocycles. The number of amides is 1. The number of ether oxygens (including phenoxy) is 1. The molecule has 6 nitrogen and oxygen atoms in total. The highest BCUT2D eigenvalue weighted by Gasteiger charge is 2.45. The fourth-order valence-electron chi connectivity index (χ4n) is 4.48. The van der Waals surface area contributed by atoms with Crippen molar-refractivity contribution in [3.63, 3.8) is 0 Å². The highest BCUT2D eigenvalue weighted by molar-refractivity contribution is 7.89. The predicted molar refractivity (Wildman–Crippen MR) is 116 cm³/mol. The zero-order valence-electron chi connectivity index (χ0n) is 17.2. The van der Waals surface area contributed by atoms with Gasteiger partial charge in [-0.25, -0.2) is 12.7 Å². The van der Waals surface area contributed by atoms with Gasteiger partial charge in [-0.05, 0) is 43.4 Å². The summed E-state index contributed by atoms with van der Waals surface area (Å²) in [6, 6.07) is 17.5. The normalized spacial score (nSPS) is 21.3. The summed E-state index contributed by atoms with van der Waals surface area (Å²) in [6.07, 6.45) is 1.65. The lowest BCUT2D eigenvalue weighted by atomic mass is 9.72. The number of piperidine rings is 1. The van der Waals surface area contributed by atoms with Gasteiger partial charge < -0.3 is 10.1 Å². The number of hydrogen-bond donors (Lipinski definition) is 1. The minimum atomic E-state index is -3.26. The van der Waals surface area contributed by atoms with Crippen LogP contribution in [0, 0.1) is 0 Å². The molecule has 2 aliphatic heterocycles. The summed E-state index contributed by atoms with van der Waals surface area (Å²) in [6.45, 7) is 2.79. The zero-order valence-corrected chi connectivity index (χ0v) is 18.0. The standard InChI is InChI=1S/C23H28N2O4S/c1-2-30(27,28)25-14-12-23(13-15-25,19-9-4-3-5-10-19)22(26)24-20-16-18-8-6-7-11-21(18)29-17-20/h3-11,20H,2,12-17H2,1H3,(H,24,26). The molecule has 0 saturated carbocycles. The molecule has 1 fully saturated rings. The van der Waals surface area contributed by atoms with Crippen LogP contribution in [0.1, 0.15) is 30.9 Å². The van der Waals surface area contributed by atoms with Crippen LogP contribution in [0.25, 0.3) is 0 Å². The van der Waals surface area contributed by atoms with E-state index in [1.807, 2.05) is 54.6 Å². The van der Waals surface area contributed by atoms with Gasteiger partial charge in [0.25, 0.3) is 0 Å². The molecule has 160 valence electrons. The third-order valence-corrected chi connectivity index (χ3v) is 8.19. The Morgan fingerprint density at radius 2 is 1.77 bits per heavy atom. The third kappa shape index (κ3) is 3.96. The van der Waals surface area contributed by atoms with Crippen molar-refractivity contribution in [2.45, 2.75) is 37.6 Å². The average Bonchev–Trinajstić information content (AvgIpc) is 2.79. The Labute approximate surface area is 178 Å². The number of rotatable bonds is 5. The molecule has 30 heavy (non-hydrogen) atoms. The summed E-state index contributed by atoms with van der Waals surface area (Å²) in [5, 5.41) is 3.20. The maximum absolute atomic E-state index is 13.6. The smallest absolute Gasteiger partial charge is 0.231 e. The van der Waals surface area contributed by atoms with Gasteiger partial charge in [0.05, 0.1) is 17.2 Å². The number of fused-ring (bicyclic) bond motifs is 1. The first-order valence-electron chi connectivity index (χ1n) is 10.5. The Morgan fingerprint density at radius 3 is 2.47 bits per heavy atom. The minimum absolute atomic E-state index is 0.0461. The van der Waals surface area contributed by atoms with E-state index in [4.69, 9.17) is 4.74 Å². The monoisotopic (exact) mass is 428 g/mol. The van der Waals surface area contributed by atoms with E-state index >= 15 is 0 Å². The molecule has 0 radical (unpaired) electrons. The number of carbonyl (C=O) groups is 1. The summed E-state index contributed by atoms with van der Waals surface area (Å²) in [7, 11) is -3.26. The molecule has 1 N–H and O–H groups in total. The van der Waals surface area contributed by atoms with Gasteiger partial charge in [-0.2, -0.15) is 0 Å². The fourth-order valence-corrected chi connectivity index (χ4v) is 5.58. The largest absolute Gasteiger partial charge is 0.491 e. The van der Waals surface area contributed by atoms with Crippen LogP contribution in [0.4, 0.5) is 0 Å². The molecule has 0 bridgehead atoms. The van der Waals surface area contributed by atoms with Crippen LogP contribution in [0.15, 0.2) is 54.6 Å². The first-order chi connectivity index (χ1) is 14.4. The first kappa shape index (κ1) is 20.9. The summed E-state index contributed by atoms with van der Waals surface area (Å²) < 4.78 is 32.0. The Balaban J connectivity index is 1.55. The zero-order chi connectivity index (χ0) is 21.2. The van der Waals surface area contributed by atoms with Gasteiger partial charge in [0, 0.05) is 13.1 Å². The lowest BCUT2D eigenvalue weighted by molar-refractivity contribution is -0.129. The average molecular weight is 429 g/mol. The lowest BCUT2D eigenvalue weighted by Crippen LogP contribution is -2.56. The molecular weight excluding hydrogens is 400 g/mol. The molecular formula is C23H28N2O4S. The molecule has 1 unspecified atom stereocenters. The van der Waals surface area contributed by atoms with E-state index in [9.17, 15) is 13.2 Å². The fraction of sp³-hybridized carbons (Fsp3) is 0.435. The van der Waals surface area contributed by atoms with Crippen LogP contribution < -0.4 is 10.1 Å². The molecule has 0 aliphatic carbocycles. The van der Waals surface area contributed by atoms with Crippen molar-refractivity contribution in [3.05, 3.63) is 65.7 Å². The summed E-state index contributed by atoms with van der Waals surface area (Å²) in [5.74, 6) is 0.908. The number of nitrogens with zero attached hydrogens (tertiary/aromatic N) is 1. The number of nitrogens with one attached hydrogen (secondary N) is 1. The Bertz CT molecular complexity index is 999. The van der Waals surface area contributed by atoms with Crippen LogP contribution in [0.5, 0.6) is 5.75 Å². The van der Waals surface area contributed by atoms with Gasteiger partial charge >= 0.3 is 0 Å². The van der Waals surface area contributed by atoms with E-state index in [0.29, 0.717) is 32.5 Å². The van der Waals surface area contributed by atoms with Crippen LogP contribution >= 0.6 is 0 Å². The van der Waals surface area contributed by atoms with E-state index in [1.165, 1.54) is 4.31 Å². The lowest BCUT2D eigenvalue weighted by Gasteiger charge is -2.41. The first-order valence-corrected chi connectivity index (χ1v) is 12.1. The van der Waals surface area contributed by atoms with E-state index in [2.05, 4.69) is 5.32 Å². The molecule has 2 aliphatic rings. The van der Waals surface area contributed by atoms with Gasteiger partial charge in [-0.15, -0.1) is 0 Å². The van der Waals surface area contributed by atoms with Crippen LogP contribution in [0.2, 0.25) is 0 Å². The summed E-state index contributed by atoms with van der Waals surface area (Å²) in [4.78, 5) is 13.6. The molecule has 0 spiro atoms. The highest BCUT2D eigenvalue weighted by atomic mass is 32.2. The predicted octanol–water partition coefficient (Wildman–Crippen LogP) is 2.49. The molecule has 2 aromatic carbocycles. The van der Waals surface area contributed by atoms with Gasteiger partial charge in [0.2, 0.25) is 15.9 Å². The van der Waals surface area contributed by atoms with Gasteiger partial charge in [-0.3, -0.25) is 4.79 Å². The van der Waals surface area contributed by atoms with E-state index in [-0.39, 0.29) is 17.7 Å². The molecule has 1 saturated heterocycles. The topological polar surface area (TPSA) is 75.7 Å². The number of para-hydroxylation sites is 1. The second-order valence-corrected chi connectivity index (χ2v) is 10.3. The SMILES string of the molecule is CCS(=O)(=O)N1CCC(C(=O)NC2COc3ccccc3C2)(c2ccccc2)CC1. The minimum Gasteiger partial charge on any atom is -0.491 e. The van der Waals surface area contributed by atoms with E-state index < -0.39 is 15.4 Å². The Kier molecular flexibility index (Phi) is 5.84. The van der Waals surface area contributed by atoms with Gasteiger partial charge in [-0.1, -0.05) is 48.5 Å². The van der Waals surface area contributed by atoms with Crippen molar-refractivity contribution < 1.29 is 17.9 Å². The van der Waals surface area contributed by atoms with Crippen molar-refractivity contribution in [2.75, 3.05) is 25.4 Å². The maximum Gasteiger partial charge on any atom is 0.231 e. The number of hydrogen-bond acceptors (Lipinski definition) is 4. The van der Waals surface area contributed by atoms with Crippen molar-refractivity contribution in [3.8, 4) is 5.75 Å². The van der Waals surface area contributed by atoms with E-state index in [0.717, 1.165) is 23.3 Å². The highest BCUT2D eigenvalue weighted by Crippen LogP contribution is 2.37.